The second kappa shape index (κ2) is 14.3. The normalized spacial score (nSPS) is 22.1. The monoisotopic (exact) mass is 683 g/mol. The molecule has 0 spiro atoms. The zero-order chi connectivity index (χ0) is 33.1. The number of hydrogen-bond acceptors (Lipinski definition) is 7. The van der Waals surface area contributed by atoms with Crippen LogP contribution >= 0.6 is 23.2 Å². The van der Waals surface area contributed by atoms with Crippen LogP contribution in [0.3, 0.4) is 0 Å². The van der Waals surface area contributed by atoms with E-state index in [-0.39, 0.29) is 39.6 Å². The highest BCUT2D eigenvalue weighted by molar-refractivity contribution is 7.89. The lowest BCUT2D eigenvalue weighted by Gasteiger charge is -2.54. The van der Waals surface area contributed by atoms with Crippen LogP contribution in [0.25, 0.3) is 0 Å². The van der Waals surface area contributed by atoms with Crippen LogP contribution in [-0.2, 0) is 26.0 Å². The molecule has 0 bridgehead atoms. The number of sulfonamides is 1. The molecule has 2 heterocycles. The van der Waals surface area contributed by atoms with E-state index in [0.717, 1.165) is 9.21 Å². The van der Waals surface area contributed by atoms with Gasteiger partial charge in [0.2, 0.25) is 21.8 Å². The van der Waals surface area contributed by atoms with Crippen LogP contribution in [0.15, 0.2) is 47.4 Å². The largest absolute Gasteiger partial charge is 0.465 e. The van der Waals surface area contributed by atoms with Gasteiger partial charge in [-0.1, -0.05) is 67.4 Å². The number of rotatable bonds is 7. The molecule has 2 N–H and O–H groups in total. The lowest BCUT2D eigenvalue weighted by Crippen LogP contribution is -2.76. The summed E-state index contributed by atoms with van der Waals surface area (Å²) in [6, 6.07) is 6.07. The van der Waals surface area contributed by atoms with E-state index in [2.05, 4.69) is 5.32 Å². The van der Waals surface area contributed by atoms with E-state index in [1.165, 1.54) is 79.5 Å². The third-order valence-corrected chi connectivity index (χ3v) is 10.6. The highest BCUT2D eigenvalue weighted by atomic mass is 35.5. The fraction of sp³-hybridized carbons (Fsp3) is 0.483. The van der Waals surface area contributed by atoms with Crippen molar-refractivity contribution < 1.29 is 32.8 Å². The second-order valence-electron chi connectivity index (χ2n) is 11.4. The minimum absolute atomic E-state index is 0.0995. The van der Waals surface area contributed by atoms with Crippen LogP contribution < -0.4 is 5.32 Å². The number of nitro benzene ring substituents is 1. The molecule has 1 saturated carbocycles. The zero-order valence-electron chi connectivity index (χ0n) is 24.8. The van der Waals surface area contributed by atoms with Crippen LogP contribution in [0.2, 0.25) is 10.0 Å². The summed E-state index contributed by atoms with van der Waals surface area (Å²) in [4.78, 5) is 51.6. The Morgan fingerprint density at radius 2 is 1.62 bits per heavy atom. The summed E-state index contributed by atoms with van der Waals surface area (Å²) in [6.45, 7) is 2.76. The Labute approximate surface area is 271 Å². The van der Waals surface area contributed by atoms with E-state index in [0.29, 0.717) is 5.56 Å². The fourth-order valence-electron chi connectivity index (χ4n) is 5.80. The topological polar surface area (TPSA) is 170 Å². The molecule has 3 amide bonds. The molecular weight excluding hydrogens is 649 g/mol. The van der Waals surface area contributed by atoms with Crippen LogP contribution in [-0.4, -0.2) is 87.8 Å². The van der Waals surface area contributed by atoms with Crippen LogP contribution in [0.4, 0.5) is 10.5 Å². The van der Waals surface area contributed by atoms with Crippen LogP contribution in [0, 0.1) is 10.1 Å². The first-order chi connectivity index (χ1) is 21.2. The number of carboxylic acid groups (broad SMARTS) is 1. The first-order valence-corrected chi connectivity index (χ1v) is 16.7. The predicted octanol–water partition coefficient (Wildman–Crippen LogP) is 4.51. The van der Waals surface area contributed by atoms with E-state index < -0.39 is 57.6 Å². The third-order valence-electron chi connectivity index (χ3n) is 8.06. The quantitative estimate of drug-likeness (QED) is 0.317. The first kappa shape index (κ1) is 34.4. The van der Waals surface area contributed by atoms with Gasteiger partial charge < -0.3 is 20.2 Å². The minimum Gasteiger partial charge on any atom is -0.465 e. The molecule has 2 aliphatic heterocycles. The maximum atomic E-state index is 14.0. The van der Waals surface area contributed by atoms with E-state index in [4.69, 9.17) is 23.2 Å². The molecule has 2 saturated heterocycles. The number of non-ortho nitro benzene ring substituents is 1. The van der Waals surface area contributed by atoms with Crippen molar-refractivity contribution in [3.8, 4) is 0 Å². The molecular formula is C29H35Cl2N5O8S. The predicted molar refractivity (Wildman–Crippen MR) is 166 cm³/mol. The number of amides is 3. The van der Waals surface area contributed by atoms with Gasteiger partial charge >= 0.3 is 6.09 Å². The second-order valence-corrected chi connectivity index (χ2v) is 14.1. The average molecular weight is 685 g/mol. The van der Waals surface area contributed by atoms with Crippen LogP contribution in [0.1, 0.15) is 51.5 Å². The molecule has 45 heavy (non-hydrogen) atoms. The van der Waals surface area contributed by atoms with Gasteiger partial charge in [-0.25, -0.2) is 13.2 Å². The summed E-state index contributed by atoms with van der Waals surface area (Å²) >= 11 is 12.2. The molecule has 1 aliphatic carbocycles. The van der Waals surface area contributed by atoms with Crippen molar-refractivity contribution in [3.63, 3.8) is 0 Å². The standard InChI is InChI=1S/C24H25Cl2N5O8S.C5H10/c1-13(2)28-12-21-29(40(38,39)20-8-5-15(25)10-17(20)26)11-18(27-24(34)35)22(32)30(21)19(23(28)33)9-14-3-6-16(7-4-14)31(36)37;1-2-4-5-3-1/h3-8,10,13,18-19,21,27H,9,11-12H2,1-2H3,(H,34,35);1-5H2. The molecule has 16 heteroatoms. The number of nitrogens with one attached hydrogen (secondary N) is 1. The number of benzene rings is 2. The van der Waals surface area contributed by atoms with Gasteiger partial charge in [-0.15, -0.1) is 0 Å². The van der Waals surface area contributed by atoms with Crippen molar-refractivity contribution in [2.75, 3.05) is 13.1 Å². The summed E-state index contributed by atoms with van der Waals surface area (Å²) < 4.78 is 28.9. The Morgan fingerprint density at radius 3 is 2.13 bits per heavy atom. The Hall–Kier alpha value is -3.46. The Balaban J connectivity index is 0.000000838. The number of carbonyl (C=O) groups is 3. The third kappa shape index (κ3) is 7.68. The van der Waals surface area contributed by atoms with Crippen molar-refractivity contribution in [1.29, 1.82) is 0 Å². The van der Waals surface area contributed by atoms with Gasteiger partial charge in [0.15, 0.2) is 0 Å². The molecule has 3 unspecified atom stereocenters. The molecule has 0 radical (unpaired) electrons. The van der Waals surface area contributed by atoms with Crippen LogP contribution in [0.5, 0.6) is 0 Å². The molecule has 13 nitrogen and oxygen atoms in total. The van der Waals surface area contributed by atoms with E-state index in [1.807, 2.05) is 0 Å². The number of nitro groups is 1. The van der Waals surface area contributed by atoms with Gasteiger partial charge in [0.25, 0.3) is 5.69 Å². The number of carbonyl (C=O) groups excluding carboxylic acids is 2. The summed E-state index contributed by atoms with van der Waals surface area (Å²) in [5.41, 5.74) is 0.307. The molecule has 2 aromatic carbocycles. The minimum atomic E-state index is -4.45. The maximum absolute atomic E-state index is 14.0. The first-order valence-electron chi connectivity index (χ1n) is 14.5. The molecule has 244 valence electrons. The highest BCUT2D eigenvalue weighted by Crippen LogP contribution is 2.35. The number of piperazine rings is 1. The van der Waals surface area contributed by atoms with E-state index in [9.17, 15) is 38.0 Å². The summed E-state index contributed by atoms with van der Waals surface area (Å²) in [6.07, 6.45) is 4.65. The smallest absolute Gasteiger partial charge is 0.405 e. The van der Waals surface area contributed by atoms with Gasteiger partial charge in [-0.2, -0.15) is 4.31 Å². The lowest BCUT2D eigenvalue weighted by molar-refractivity contribution is -0.384. The Kier molecular flexibility index (Phi) is 10.9. The SMILES string of the molecule is C1CCCC1.CC(C)N1CC2N(C(=O)C(NC(=O)O)CN2S(=O)(=O)c2ccc(Cl)cc2Cl)C(Cc2ccc([N+](=O)[O-])cc2)C1=O. The van der Waals surface area contributed by atoms with Gasteiger partial charge in [-0.3, -0.25) is 19.7 Å². The molecule has 3 aliphatic rings. The zero-order valence-corrected chi connectivity index (χ0v) is 27.1. The highest BCUT2D eigenvalue weighted by Gasteiger charge is 2.54. The van der Waals surface area contributed by atoms with Crippen molar-refractivity contribution in [1.82, 2.24) is 19.4 Å². The van der Waals surface area contributed by atoms with E-state index >= 15 is 0 Å². The molecule has 5 rings (SSSR count). The molecule has 3 atom stereocenters. The van der Waals surface area contributed by atoms with Crippen molar-refractivity contribution in [2.45, 2.75) is 81.6 Å². The van der Waals surface area contributed by atoms with Crippen molar-refractivity contribution in [2.24, 2.45) is 0 Å². The summed E-state index contributed by atoms with van der Waals surface area (Å²) in [5, 5.41) is 22.5. The number of halogens is 2. The van der Waals surface area contributed by atoms with Crippen molar-refractivity contribution in [3.05, 3.63) is 68.2 Å². The van der Waals surface area contributed by atoms with Gasteiger partial charge in [0.05, 0.1) is 16.5 Å². The summed E-state index contributed by atoms with van der Waals surface area (Å²) in [5.74, 6) is -1.25. The Morgan fingerprint density at radius 1 is 1.02 bits per heavy atom. The lowest BCUT2D eigenvalue weighted by atomic mass is 9.96. The number of hydrogen-bond donors (Lipinski definition) is 2. The average Bonchev–Trinajstić information content (AvgIpc) is 3.56. The van der Waals surface area contributed by atoms with E-state index in [1.54, 1.807) is 13.8 Å². The van der Waals surface area contributed by atoms with Gasteiger partial charge in [-0.05, 0) is 37.6 Å². The molecule has 0 aromatic heterocycles. The fourth-order valence-corrected chi connectivity index (χ4v) is 8.13. The van der Waals surface area contributed by atoms with Gasteiger partial charge in [0.1, 0.15) is 23.1 Å². The maximum Gasteiger partial charge on any atom is 0.405 e. The summed E-state index contributed by atoms with van der Waals surface area (Å²) in [7, 11) is -4.45. The van der Waals surface area contributed by atoms with Gasteiger partial charge in [0, 0.05) is 36.2 Å². The molecule has 3 fully saturated rings. The molecule has 2 aromatic rings. The number of nitrogens with zero attached hydrogens (tertiary/aromatic N) is 4. The number of fused-ring (bicyclic) bond motifs is 1. The van der Waals surface area contributed by atoms with Crippen molar-refractivity contribution >= 4 is 56.8 Å². The Bertz CT molecular complexity index is 1540.